The zero-order valence-corrected chi connectivity index (χ0v) is 21.0. The molecule has 1 N–H and O–H groups in total. The lowest BCUT2D eigenvalue weighted by Gasteiger charge is -2.32. The number of aryl methyl sites for hydroxylation is 1. The number of carbonyl (C=O) groups is 2. The molecule has 1 unspecified atom stereocenters. The fraction of sp³-hybridized carbons (Fsp3) is 0.333. The van der Waals surface area contributed by atoms with Crippen LogP contribution >= 0.6 is 23.2 Å². The Kier molecular flexibility index (Phi) is 8.04. The summed E-state index contributed by atoms with van der Waals surface area (Å²) in [6, 6.07) is 18.8. The zero-order valence-electron chi connectivity index (χ0n) is 19.5. The smallest absolute Gasteiger partial charge is 0.242 e. The Morgan fingerprint density at radius 3 is 2.21 bits per heavy atom. The predicted octanol–water partition coefficient (Wildman–Crippen LogP) is 6.41. The standard InChI is InChI=1S/C27H30Cl2N2O2/c1-18(26(33)30-27(2,3)4)31(17-22-23(28)13-8-14-24(22)29)25(32)16-15-20-11-7-10-19-9-5-6-12-21(19)20/h5-14,18H,15-17H2,1-4H3,(H,30,33). The first-order valence-electron chi connectivity index (χ1n) is 11.1. The van der Waals surface area contributed by atoms with Gasteiger partial charge in [-0.15, -0.1) is 0 Å². The third-order valence-corrected chi connectivity index (χ3v) is 6.25. The summed E-state index contributed by atoms with van der Waals surface area (Å²) in [5, 5.41) is 6.18. The number of nitrogens with one attached hydrogen (secondary N) is 1. The van der Waals surface area contributed by atoms with E-state index >= 15 is 0 Å². The minimum Gasteiger partial charge on any atom is -0.350 e. The second-order valence-corrected chi connectivity index (χ2v) is 10.1. The average Bonchev–Trinajstić information content (AvgIpc) is 2.75. The molecule has 0 spiro atoms. The van der Waals surface area contributed by atoms with E-state index in [-0.39, 0.29) is 24.8 Å². The first-order chi connectivity index (χ1) is 15.6. The molecule has 0 aliphatic carbocycles. The molecule has 3 rings (SSSR count). The molecule has 0 heterocycles. The van der Waals surface area contributed by atoms with Crippen LogP contribution in [0.4, 0.5) is 0 Å². The van der Waals surface area contributed by atoms with E-state index in [9.17, 15) is 9.59 Å². The molecule has 0 aliphatic heterocycles. The molecule has 0 bridgehead atoms. The molecule has 0 saturated carbocycles. The Labute approximate surface area is 205 Å². The molecule has 0 fully saturated rings. The molecule has 33 heavy (non-hydrogen) atoms. The van der Waals surface area contributed by atoms with Gasteiger partial charge in [-0.05, 0) is 62.6 Å². The first kappa shape index (κ1) is 25.1. The third-order valence-electron chi connectivity index (χ3n) is 5.54. The van der Waals surface area contributed by atoms with Gasteiger partial charge < -0.3 is 10.2 Å². The summed E-state index contributed by atoms with van der Waals surface area (Å²) in [7, 11) is 0. The van der Waals surface area contributed by atoms with Gasteiger partial charge in [-0.3, -0.25) is 9.59 Å². The average molecular weight is 485 g/mol. The number of nitrogens with zero attached hydrogens (tertiary/aromatic N) is 1. The van der Waals surface area contributed by atoms with Crippen LogP contribution in [0.25, 0.3) is 10.8 Å². The van der Waals surface area contributed by atoms with Gasteiger partial charge in [0, 0.05) is 34.1 Å². The lowest BCUT2D eigenvalue weighted by atomic mass is 10.0. The topological polar surface area (TPSA) is 49.4 Å². The highest BCUT2D eigenvalue weighted by atomic mass is 35.5. The summed E-state index contributed by atoms with van der Waals surface area (Å²) in [6.45, 7) is 7.63. The van der Waals surface area contributed by atoms with E-state index in [0.29, 0.717) is 22.0 Å². The van der Waals surface area contributed by atoms with E-state index in [1.165, 1.54) is 0 Å². The zero-order chi connectivity index (χ0) is 24.2. The maximum atomic E-state index is 13.5. The molecule has 4 nitrogen and oxygen atoms in total. The van der Waals surface area contributed by atoms with Crippen molar-refractivity contribution in [3.05, 3.63) is 81.8 Å². The van der Waals surface area contributed by atoms with E-state index < -0.39 is 11.6 Å². The van der Waals surface area contributed by atoms with Gasteiger partial charge >= 0.3 is 0 Å². The second kappa shape index (κ2) is 10.6. The normalized spacial score (nSPS) is 12.4. The lowest BCUT2D eigenvalue weighted by molar-refractivity contribution is -0.141. The molecule has 0 aromatic heterocycles. The quantitative estimate of drug-likeness (QED) is 0.420. The van der Waals surface area contributed by atoms with E-state index in [2.05, 4.69) is 23.5 Å². The predicted molar refractivity (Wildman–Crippen MR) is 137 cm³/mol. The molecule has 1 atom stereocenters. The Bertz CT molecular complexity index is 1130. The van der Waals surface area contributed by atoms with Crippen LogP contribution in [0, 0.1) is 0 Å². The summed E-state index contributed by atoms with van der Waals surface area (Å²) in [5.41, 5.74) is 1.32. The monoisotopic (exact) mass is 484 g/mol. The Hall–Kier alpha value is -2.56. The number of carbonyl (C=O) groups excluding carboxylic acids is 2. The Morgan fingerprint density at radius 1 is 0.939 bits per heavy atom. The van der Waals surface area contributed by atoms with Gasteiger partial charge in [-0.1, -0.05) is 71.7 Å². The fourth-order valence-corrected chi connectivity index (χ4v) is 4.32. The van der Waals surface area contributed by atoms with Crippen LogP contribution in [0.5, 0.6) is 0 Å². The van der Waals surface area contributed by atoms with Gasteiger partial charge in [0.1, 0.15) is 6.04 Å². The summed E-state index contributed by atoms with van der Waals surface area (Å²) >= 11 is 12.8. The van der Waals surface area contributed by atoms with Crippen molar-refractivity contribution in [2.75, 3.05) is 0 Å². The van der Waals surface area contributed by atoms with Gasteiger partial charge in [0.25, 0.3) is 0 Å². The highest BCUT2D eigenvalue weighted by Gasteiger charge is 2.29. The number of rotatable bonds is 7. The molecule has 2 amide bonds. The number of amides is 2. The lowest BCUT2D eigenvalue weighted by Crippen LogP contribution is -2.52. The number of hydrogen-bond donors (Lipinski definition) is 1. The van der Waals surface area contributed by atoms with Crippen molar-refractivity contribution in [2.24, 2.45) is 0 Å². The number of hydrogen-bond acceptors (Lipinski definition) is 2. The van der Waals surface area contributed by atoms with Gasteiger partial charge in [0.15, 0.2) is 0 Å². The Balaban J connectivity index is 1.85. The van der Waals surface area contributed by atoms with Crippen LogP contribution < -0.4 is 5.32 Å². The van der Waals surface area contributed by atoms with Crippen molar-refractivity contribution >= 4 is 45.8 Å². The van der Waals surface area contributed by atoms with Gasteiger partial charge in [0.2, 0.25) is 11.8 Å². The van der Waals surface area contributed by atoms with Crippen molar-refractivity contribution < 1.29 is 9.59 Å². The van der Waals surface area contributed by atoms with E-state index in [0.717, 1.165) is 16.3 Å². The second-order valence-electron chi connectivity index (χ2n) is 9.28. The van der Waals surface area contributed by atoms with Crippen molar-refractivity contribution in [2.45, 2.75) is 58.7 Å². The SMILES string of the molecule is CC(C(=O)NC(C)(C)C)N(Cc1c(Cl)cccc1Cl)C(=O)CCc1cccc2ccccc12. The highest BCUT2D eigenvalue weighted by molar-refractivity contribution is 6.36. The maximum absolute atomic E-state index is 13.5. The van der Waals surface area contributed by atoms with E-state index in [1.54, 1.807) is 30.0 Å². The number of halogens is 2. The van der Waals surface area contributed by atoms with Crippen LogP contribution in [0.3, 0.4) is 0 Å². The van der Waals surface area contributed by atoms with Gasteiger partial charge in [0.05, 0.1) is 0 Å². The molecule has 3 aromatic rings. The summed E-state index contributed by atoms with van der Waals surface area (Å²) in [4.78, 5) is 28.0. The van der Waals surface area contributed by atoms with Crippen LogP contribution in [0.1, 0.15) is 45.2 Å². The van der Waals surface area contributed by atoms with E-state index in [1.807, 2.05) is 45.0 Å². The van der Waals surface area contributed by atoms with Gasteiger partial charge in [-0.2, -0.15) is 0 Å². The fourth-order valence-electron chi connectivity index (χ4n) is 3.81. The molecule has 3 aromatic carbocycles. The van der Waals surface area contributed by atoms with E-state index in [4.69, 9.17) is 23.2 Å². The minimum absolute atomic E-state index is 0.129. The molecule has 174 valence electrons. The van der Waals surface area contributed by atoms with Crippen molar-refractivity contribution in [1.29, 1.82) is 0 Å². The Morgan fingerprint density at radius 2 is 1.55 bits per heavy atom. The van der Waals surface area contributed by atoms with Gasteiger partial charge in [-0.25, -0.2) is 0 Å². The largest absolute Gasteiger partial charge is 0.350 e. The molecule has 6 heteroatoms. The summed E-state index contributed by atoms with van der Waals surface area (Å²) < 4.78 is 0. The van der Waals surface area contributed by atoms with Crippen LogP contribution in [-0.2, 0) is 22.6 Å². The highest BCUT2D eigenvalue weighted by Crippen LogP contribution is 2.27. The van der Waals surface area contributed by atoms with Crippen molar-refractivity contribution in [1.82, 2.24) is 10.2 Å². The molecular weight excluding hydrogens is 455 g/mol. The molecule has 0 saturated heterocycles. The van der Waals surface area contributed by atoms with Crippen molar-refractivity contribution in [3.63, 3.8) is 0 Å². The first-order valence-corrected chi connectivity index (χ1v) is 11.8. The maximum Gasteiger partial charge on any atom is 0.242 e. The third kappa shape index (κ3) is 6.49. The molecule has 0 radical (unpaired) electrons. The molecular formula is C27H30Cl2N2O2. The number of benzene rings is 3. The number of fused-ring (bicyclic) bond motifs is 1. The van der Waals surface area contributed by atoms with Crippen molar-refractivity contribution in [3.8, 4) is 0 Å². The molecule has 0 aliphatic rings. The van der Waals surface area contributed by atoms with Crippen LogP contribution in [0.2, 0.25) is 10.0 Å². The van der Waals surface area contributed by atoms with Crippen LogP contribution in [0.15, 0.2) is 60.7 Å². The summed E-state index contributed by atoms with van der Waals surface area (Å²) in [6.07, 6.45) is 0.837. The summed E-state index contributed by atoms with van der Waals surface area (Å²) in [5.74, 6) is -0.348. The van der Waals surface area contributed by atoms with Crippen LogP contribution in [-0.4, -0.2) is 28.3 Å². The minimum atomic E-state index is -0.684.